The molecule has 0 N–H and O–H groups in total. The van der Waals surface area contributed by atoms with E-state index in [1.54, 1.807) is 17.3 Å². The predicted molar refractivity (Wildman–Crippen MR) is 83.1 cm³/mol. The molecule has 5 heteroatoms. The van der Waals surface area contributed by atoms with Crippen molar-refractivity contribution in [2.24, 2.45) is 0 Å². The highest BCUT2D eigenvalue weighted by Crippen LogP contribution is 2.16. The molecule has 1 unspecified atom stereocenters. The van der Waals surface area contributed by atoms with Gasteiger partial charge in [-0.1, -0.05) is 30.3 Å². The highest BCUT2D eigenvalue weighted by atomic mass is 32.1. The highest BCUT2D eigenvalue weighted by molar-refractivity contribution is 7.09. The Morgan fingerprint density at radius 3 is 2.81 bits per heavy atom. The third-order valence-electron chi connectivity index (χ3n) is 3.34. The van der Waals surface area contributed by atoms with Gasteiger partial charge in [0.25, 0.3) is 5.91 Å². The maximum absolute atomic E-state index is 12.3. The number of carbonyl (C=O) groups is 1. The molecule has 2 rings (SSSR count). The molecule has 0 fully saturated rings. The molecule has 0 aliphatic carbocycles. The zero-order chi connectivity index (χ0) is 15.2. The Balaban J connectivity index is 2.06. The van der Waals surface area contributed by atoms with E-state index >= 15 is 0 Å². The summed E-state index contributed by atoms with van der Waals surface area (Å²) in [6.07, 6.45) is 1.06. The summed E-state index contributed by atoms with van der Waals surface area (Å²) in [4.78, 5) is 18.3. The quantitative estimate of drug-likeness (QED) is 0.852. The minimum atomic E-state index is -0.131. The van der Waals surface area contributed by atoms with Gasteiger partial charge in [-0.2, -0.15) is 5.26 Å². The maximum Gasteiger partial charge on any atom is 0.273 e. The van der Waals surface area contributed by atoms with Crippen molar-refractivity contribution in [3.8, 4) is 6.07 Å². The van der Waals surface area contributed by atoms with E-state index in [1.807, 2.05) is 37.3 Å². The number of benzene rings is 1. The Morgan fingerprint density at radius 2 is 2.14 bits per heavy atom. The lowest BCUT2D eigenvalue weighted by Crippen LogP contribution is -2.35. The molecule has 21 heavy (non-hydrogen) atoms. The van der Waals surface area contributed by atoms with Gasteiger partial charge in [-0.05, 0) is 12.5 Å². The van der Waals surface area contributed by atoms with Crippen LogP contribution in [0.2, 0.25) is 0 Å². The topological polar surface area (TPSA) is 57.0 Å². The molecule has 108 valence electrons. The number of nitriles is 1. The van der Waals surface area contributed by atoms with Crippen LogP contribution in [0.15, 0.2) is 35.7 Å². The molecule has 0 aliphatic rings. The lowest BCUT2D eigenvalue weighted by atomic mass is 10.2. The first-order valence-corrected chi connectivity index (χ1v) is 7.62. The molecular formula is C16H17N3OS. The third-order valence-corrected chi connectivity index (χ3v) is 4.19. The van der Waals surface area contributed by atoms with E-state index in [4.69, 9.17) is 5.26 Å². The molecule has 1 aromatic heterocycles. The lowest BCUT2D eigenvalue weighted by Gasteiger charge is -2.21. The van der Waals surface area contributed by atoms with Crippen LogP contribution >= 0.6 is 11.3 Å². The van der Waals surface area contributed by atoms with Gasteiger partial charge in [0.2, 0.25) is 0 Å². The summed E-state index contributed by atoms with van der Waals surface area (Å²) in [6.45, 7) is 1.86. The normalized spacial score (nSPS) is 11.7. The summed E-state index contributed by atoms with van der Waals surface area (Å²) < 4.78 is 0. The number of nitrogens with zero attached hydrogens (tertiary/aromatic N) is 3. The van der Waals surface area contributed by atoms with E-state index in [1.165, 1.54) is 16.9 Å². The van der Waals surface area contributed by atoms with Crippen LogP contribution in [0, 0.1) is 11.3 Å². The van der Waals surface area contributed by atoms with Gasteiger partial charge in [0.1, 0.15) is 5.69 Å². The maximum atomic E-state index is 12.3. The second-order valence-corrected chi connectivity index (χ2v) is 5.86. The van der Waals surface area contributed by atoms with Crippen LogP contribution in [-0.4, -0.2) is 28.9 Å². The Hall–Kier alpha value is -2.19. The number of hydrogen-bond acceptors (Lipinski definition) is 4. The van der Waals surface area contributed by atoms with Gasteiger partial charge in [0.15, 0.2) is 0 Å². The number of amides is 1. The first-order valence-electron chi connectivity index (χ1n) is 6.74. The molecule has 1 amide bonds. The molecular weight excluding hydrogens is 282 g/mol. The van der Waals surface area contributed by atoms with E-state index in [9.17, 15) is 4.79 Å². The van der Waals surface area contributed by atoms with E-state index < -0.39 is 0 Å². The van der Waals surface area contributed by atoms with Crippen molar-refractivity contribution in [1.29, 1.82) is 5.26 Å². The molecule has 0 bridgehead atoms. The minimum absolute atomic E-state index is 0.109. The summed E-state index contributed by atoms with van der Waals surface area (Å²) in [5.41, 5.74) is 1.63. The van der Waals surface area contributed by atoms with Gasteiger partial charge >= 0.3 is 0 Å². The summed E-state index contributed by atoms with van der Waals surface area (Å²) in [5.74, 6) is -0.131. The molecule has 2 aromatic rings. The molecule has 4 nitrogen and oxygen atoms in total. The fourth-order valence-electron chi connectivity index (χ4n) is 1.91. The van der Waals surface area contributed by atoms with Crippen LogP contribution in [0.25, 0.3) is 0 Å². The van der Waals surface area contributed by atoms with Gasteiger partial charge in [-0.3, -0.25) is 4.79 Å². The smallest absolute Gasteiger partial charge is 0.273 e. The second-order valence-electron chi connectivity index (χ2n) is 4.92. The summed E-state index contributed by atoms with van der Waals surface area (Å²) in [5, 5.41) is 11.4. The lowest BCUT2D eigenvalue weighted by molar-refractivity contribution is 0.0741. The van der Waals surface area contributed by atoms with Gasteiger partial charge in [0.05, 0.1) is 17.5 Å². The second kappa shape index (κ2) is 7.00. The van der Waals surface area contributed by atoms with Crippen molar-refractivity contribution in [1.82, 2.24) is 9.88 Å². The molecule has 0 aliphatic heterocycles. The average Bonchev–Trinajstić information content (AvgIpc) is 2.95. The summed E-state index contributed by atoms with van der Waals surface area (Å²) in [7, 11) is 1.71. The minimum Gasteiger partial charge on any atom is -0.337 e. The van der Waals surface area contributed by atoms with Crippen molar-refractivity contribution in [2.75, 3.05) is 7.05 Å². The Morgan fingerprint density at radius 1 is 1.43 bits per heavy atom. The third kappa shape index (κ3) is 3.89. The molecule has 0 spiro atoms. The molecule has 0 radical (unpaired) electrons. The van der Waals surface area contributed by atoms with Crippen molar-refractivity contribution >= 4 is 17.2 Å². The Labute approximate surface area is 128 Å². The van der Waals surface area contributed by atoms with Gasteiger partial charge in [-0.25, -0.2) is 4.98 Å². The highest BCUT2D eigenvalue weighted by Gasteiger charge is 2.19. The first-order chi connectivity index (χ1) is 10.1. The van der Waals surface area contributed by atoms with Crippen molar-refractivity contribution < 1.29 is 4.79 Å². The van der Waals surface area contributed by atoms with Gasteiger partial charge < -0.3 is 4.90 Å². The summed E-state index contributed by atoms with van der Waals surface area (Å²) in [6, 6.07) is 12.0. The first kappa shape index (κ1) is 15.2. The molecule has 0 saturated carbocycles. The van der Waals surface area contributed by atoms with E-state index in [0.717, 1.165) is 11.4 Å². The fraction of sp³-hybridized carbons (Fsp3) is 0.312. The van der Waals surface area contributed by atoms with E-state index in [0.29, 0.717) is 12.1 Å². The predicted octanol–water partition coefficient (Wildman–Crippen LogP) is 3.11. The van der Waals surface area contributed by atoms with Crippen LogP contribution in [-0.2, 0) is 6.42 Å². The monoisotopic (exact) mass is 299 g/mol. The molecule has 0 saturated heterocycles. The van der Waals surface area contributed by atoms with E-state index in [-0.39, 0.29) is 11.9 Å². The Kier molecular flexibility index (Phi) is 5.07. The summed E-state index contributed by atoms with van der Waals surface area (Å²) >= 11 is 1.49. The van der Waals surface area contributed by atoms with Crippen molar-refractivity contribution in [3.05, 3.63) is 52.0 Å². The van der Waals surface area contributed by atoms with Gasteiger partial charge in [-0.15, -0.1) is 11.3 Å². The largest absolute Gasteiger partial charge is 0.337 e. The zero-order valence-corrected chi connectivity index (χ0v) is 12.9. The SMILES string of the molecule is CC(CC#N)N(C)C(=O)c1csc(Cc2ccccc2)n1. The van der Waals surface area contributed by atoms with Gasteiger partial charge in [0, 0.05) is 24.9 Å². The number of hydrogen-bond donors (Lipinski definition) is 0. The fourth-order valence-corrected chi connectivity index (χ4v) is 2.71. The number of carbonyl (C=O) groups excluding carboxylic acids is 1. The number of rotatable bonds is 5. The standard InChI is InChI=1S/C16H17N3OS/c1-12(8-9-17)19(2)16(20)14-11-21-15(18-14)10-13-6-4-3-5-7-13/h3-7,11-12H,8,10H2,1-2H3. The molecule has 1 atom stereocenters. The van der Waals surface area contributed by atoms with Crippen LogP contribution in [0.1, 0.15) is 34.4 Å². The van der Waals surface area contributed by atoms with Crippen LogP contribution in [0.4, 0.5) is 0 Å². The number of thiazole rings is 1. The zero-order valence-electron chi connectivity index (χ0n) is 12.1. The Bertz CT molecular complexity index is 645. The van der Waals surface area contributed by atoms with Crippen LogP contribution in [0.3, 0.4) is 0 Å². The molecule has 1 heterocycles. The van der Waals surface area contributed by atoms with Crippen LogP contribution < -0.4 is 0 Å². The number of aromatic nitrogens is 1. The molecule has 1 aromatic carbocycles. The van der Waals surface area contributed by atoms with Crippen molar-refractivity contribution in [3.63, 3.8) is 0 Å². The van der Waals surface area contributed by atoms with Crippen LogP contribution in [0.5, 0.6) is 0 Å². The van der Waals surface area contributed by atoms with Crippen molar-refractivity contribution in [2.45, 2.75) is 25.8 Å². The average molecular weight is 299 g/mol. The van der Waals surface area contributed by atoms with E-state index in [2.05, 4.69) is 11.1 Å².